The Labute approximate surface area is 148 Å². The van der Waals surface area contributed by atoms with Crippen molar-refractivity contribution < 1.29 is 28.9 Å². The van der Waals surface area contributed by atoms with Gasteiger partial charge in [-0.2, -0.15) is 0 Å². The number of Topliss-reactive ketones (excluding diaryl/α,β-unsaturated/α-hetero) is 1. The van der Waals surface area contributed by atoms with E-state index in [1.165, 1.54) is 19.1 Å². The number of halogens is 1. The van der Waals surface area contributed by atoms with Crippen LogP contribution in [0.25, 0.3) is 10.8 Å². The third-order valence-corrected chi connectivity index (χ3v) is 4.00. The van der Waals surface area contributed by atoms with Crippen molar-refractivity contribution in [2.45, 2.75) is 13.0 Å². The number of aromatic hydroxyl groups is 2. The van der Waals surface area contributed by atoms with Crippen LogP contribution >= 0.6 is 0 Å². The van der Waals surface area contributed by atoms with E-state index in [4.69, 9.17) is 4.74 Å². The van der Waals surface area contributed by atoms with E-state index in [1.807, 2.05) is 0 Å². The molecular weight excluding hydrogens is 339 g/mol. The highest BCUT2D eigenvalue weighted by atomic mass is 19.1. The molecule has 2 N–H and O–H groups in total. The van der Waals surface area contributed by atoms with Crippen LogP contribution in [0.2, 0.25) is 0 Å². The van der Waals surface area contributed by atoms with E-state index < -0.39 is 23.7 Å². The molecule has 132 valence electrons. The molecule has 0 heterocycles. The second-order valence-corrected chi connectivity index (χ2v) is 5.76. The van der Waals surface area contributed by atoms with E-state index in [9.17, 15) is 24.2 Å². The van der Waals surface area contributed by atoms with Gasteiger partial charge in [0.25, 0.3) is 0 Å². The van der Waals surface area contributed by atoms with E-state index in [1.54, 1.807) is 24.3 Å². The molecule has 0 aliphatic heterocycles. The lowest BCUT2D eigenvalue weighted by Crippen LogP contribution is -2.24. The van der Waals surface area contributed by atoms with Crippen LogP contribution in [-0.2, 0) is 4.74 Å². The average Bonchev–Trinajstić information content (AvgIpc) is 2.64. The summed E-state index contributed by atoms with van der Waals surface area (Å²) >= 11 is 0. The van der Waals surface area contributed by atoms with Crippen molar-refractivity contribution in [2.75, 3.05) is 0 Å². The molecule has 6 heteroatoms. The van der Waals surface area contributed by atoms with Gasteiger partial charge >= 0.3 is 5.97 Å². The van der Waals surface area contributed by atoms with Crippen molar-refractivity contribution in [2.24, 2.45) is 0 Å². The van der Waals surface area contributed by atoms with Crippen molar-refractivity contribution in [1.29, 1.82) is 0 Å². The van der Waals surface area contributed by atoms with E-state index in [2.05, 4.69) is 0 Å². The Bertz CT molecular complexity index is 995. The predicted octanol–water partition coefficient (Wildman–Crippen LogP) is 3.82. The minimum absolute atomic E-state index is 0.192. The molecule has 1 atom stereocenters. The molecule has 0 amide bonds. The number of esters is 1. The zero-order chi connectivity index (χ0) is 18.8. The molecule has 0 aliphatic carbocycles. The molecular formula is C20H15FO5. The number of hydrogen-bond acceptors (Lipinski definition) is 5. The molecule has 0 radical (unpaired) electrons. The first kappa shape index (κ1) is 17.4. The summed E-state index contributed by atoms with van der Waals surface area (Å²) in [5.74, 6) is -2.48. The Morgan fingerprint density at radius 1 is 1.00 bits per heavy atom. The fourth-order valence-electron chi connectivity index (χ4n) is 2.62. The lowest BCUT2D eigenvalue weighted by atomic mass is 10.0. The minimum atomic E-state index is -1.15. The van der Waals surface area contributed by atoms with Gasteiger partial charge in [-0.05, 0) is 37.3 Å². The topological polar surface area (TPSA) is 83.8 Å². The second kappa shape index (κ2) is 6.84. The predicted molar refractivity (Wildman–Crippen MR) is 92.9 cm³/mol. The summed E-state index contributed by atoms with van der Waals surface area (Å²) in [6.07, 6.45) is -1.15. The van der Waals surface area contributed by atoms with Gasteiger partial charge in [-0.25, -0.2) is 9.18 Å². The molecule has 26 heavy (non-hydrogen) atoms. The van der Waals surface area contributed by atoms with Crippen molar-refractivity contribution in [1.82, 2.24) is 0 Å². The maximum absolute atomic E-state index is 12.9. The molecule has 0 spiro atoms. The van der Waals surface area contributed by atoms with Crippen LogP contribution in [0.3, 0.4) is 0 Å². The number of ether oxygens (including phenoxy) is 1. The van der Waals surface area contributed by atoms with Crippen molar-refractivity contribution >= 4 is 22.5 Å². The van der Waals surface area contributed by atoms with Gasteiger partial charge in [0.1, 0.15) is 22.9 Å². The van der Waals surface area contributed by atoms with Gasteiger partial charge in [-0.3, -0.25) is 4.79 Å². The van der Waals surface area contributed by atoms with E-state index in [0.717, 1.165) is 18.2 Å². The van der Waals surface area contributed by atoms with E-state index >= 15 is 0 Å². The fourth-order valence-corrected chi connectivity index (χ4v) is 2.62. The molecule has 0 unspecified atom stereocenters. The van der Waals surface area contributed by atoms with Crippen molar-refractivity contribution in [3.63, 3.8) is 0 Å². The monoisotopic (exact) mass is 354 g/mol. The first-order valence-corrected chi connectivity index (χ1v) is 7.83. The van der Waals surface area contributed by atoms with Crippen molar-refractivity contribution in [3.05, 3.63) is 71.5 Å². The summed E-state index contributed by atoms with van der Waals surface area (Å²) in [5.41, 5.74) is -0.0581. The number of benzene rings is 3. The summed E-state index contributed by atoms with van der Waals surface area (Å²) in [7, 11) is 0. The van der Waals surface area contributed by atoms with Crippen molar-refractivity contribution in [3.8, 4) is 11.5 Å². The Balaban J connectivity index is 1.86. The van der Waals surface area contributed by atoms with Crippen LogP contribution < -0.4 is 0 Å². The van der Waals surface area contributed by atoms with Gasteiger partial charge in [0.2, 0.25) is 5.78 Å². The van der Waals surface area contributed by atoms with Gasteiger partial charge in [-0.15, -0.1) is 0 Å². The SMILES string of the molecule is C[C@@H](OC(=O)c1cc(O)c2ccccc2c1O)C(=O)c1ccc(F)cc1. The molecule has 0 aromatic heterocycles. The van der Waals surface area contributed by atoms with Gasteiger partial charge < -0.3 is 14.9 Å². The number of fused-ring (bicyclic) bond motifs is 1. The summed E-state index contributed by atoms with van der Waals surface area (Å²) < 4.78 is 18.1. The Morgan fingerprint density at radius 3 is 2.27 bits per heavy atom. The molecule has 0 fully saturated rings. The molecule has 3 rings (SSSR count). The maximum Gasteiger partial charge on any atom is 0.342 e. The molecule has 0 saturated heterocycles. The lowest BCUT2D eigenvalue weighted by molar-refractivity contribution is 0.0316. The van der Waals surface area contributed by atoms with Crippen LogP contribution in [0, 0.1) is 5.82 Å². The van der Waals surface area contributed by atoms with Crippen LogP contribution in [-0.4, -0.2) is 28.1 Å². The van der Waals surface area contributed by atoms with E-state index in [0.29, 0.717) is 5.39 Å². The Hall–Kier alpha value is -3.41. The molecule has 3 aromatic rings. The first-order chi connectivity index (χ1) is 12.4. The summed E-state index contributed by atoms with van der Waals surface area (Å²) in [6.45, 7) is 1.38. The third kappa shape index (κ3) is 3.21. The third-order valence-electron chi connectivity index (χ3n) is 4.00. The van der Waals surface area contributed by atoms with Crippen LogP contribution in [0.4, 0.5) is 4.39 Å². The highest BCUT2D eigenvalue weighted by Crippen LogP contribution is 2.35. The smallest absolute Gasteiger partial charge is 0.342 e. The first-order valence-electron chi connectivity index (χ1n) is 7.83. The van der Waals surface area contributed by atoms with Crippen LogP contribution in [0.1, 0.15) is 27.6 Å². The highest BCUT2D eigenvalue weighted by molar-refractivity contribution is 6.05. The number of phenolic OH excluding ortho intramolecular Hbond substituents is 2. The van der Waals surface area contributed by atoms with E-state index in [-0.39, 0.29) is 28.0 Å². The normalized spacial score (nSPS) is 11.9. The van der Waals surface area contributed by atoms with Crippen LogP contribution in [0.5, 0.6) is 11.5 Å². The summed E-state index contributed by atoms with van der Waals surface area (Å²) in [5, 5.41) is 21.0. The maximum atomic E-state index is 12.9. The van der Waals surface area contributed by atoms with Gasteiger partial charge in [-0.1, -0.05) is 24.3 Å². The zero-order valence-corrected chi connectivity index (χ0v) is 13.8. The number of phenols is 2. The number of ketones is 1. The van der Waals surface area contributed by atoms with Gasteiger partial charge in [0, 0.05) is 16.3 Å². The van der Waals surface area contributed by atoms with Gasteiger partial charge in [0.15, 0.2) is 6.10 Å². The molecule has 5 nitrogen and oxygen atoms in total. The lowest BCUT2D eigenvalue weighted by Gasteiger charge is -2.14. The molecule has 0 aliphatic rings. The van der Waals surface area contributed by atoms with Gasteiger partial charge in [0.05, 0.1) is 0 Å². The number of hydrogen-bond donors (Lipinski definition) is 2. The molecule has 0 bridgehead atoms. The standard InChI is InChI=1S/C20H15FO5/c1-11(18(23)12-6-8-13(21)9-7-12)26-20(25)16-10-17(22)14-4-2-3-5-15(14)19(16)24/h2-11,22,24H,1H3/t11-/m1/s1. The number of carbonyl (C=O) groups excluding carboxylic acids is 2. The second-order valence-electron chi connectivity index (χ2n) is 5.76. The number of rotatable bonds is 4. The fraction of sp³-hybridized carbons (Fsp3) is 0.100. The van der Waals surface area contributed by atoms with Crippen LogP contribution in [0.15, 0.2) is 54.6 Å². The molecule has 0 saturated carbocycles. The number of carbonyl (C=O) groups is 2. The largest absolute Gasteiger partial charge is 0.507 e. The summed E-state index contributed by atoms with van der Waals surface area (Å²) in [6, 6.07) is 12.4. The average molecular weight is 354 g/mol. The summed E-state index contributed by atoms with van der Waals surface area (Å²) in [4.78, 5) is 24.6. The Morgan fingerprint density at radius 2 is 1.62 bits per heavy atom. The minimum Gasteiger partial charge on any atom is -0.507 e. The zero-order valence-electron chi connectivity index (χ0n) is 13.8. The molecule has 3 aromatic carbocycles. The Kier molecular flexibility index (Phi) is 4.58. The quantitative estimate of drug-likeness (QED) is 0.423. The highest BCUT2D eigenvalue weighted by Gasteiger charge is 2.24.